The molecule has 1 fully saturated rings. The molecular formula is C11H15N5O3S3. The maximum atomic E-state index is 11.8. The van der Waals surface area contributed by atoms with Crippen LogP contribution in [0.25, 0.3) is 0 Å². The number of nitrogens with one attached hydrogen (secondary N) is 1. The summed E-state index contributed by atoms with van der Waals surface area (Å²) in [6, 6.07) is -0.602. The molecule has 11 heteroatoms. The van der Waals surface area contributed by atoms with Crippen LogP contribution in [0.1, 0.15) is 0 Å². The van der Waals surface area contributed by atoms with E-state index in [9.17, 15) is 14.7 Å². The average molecular weight is 361 g/mol. The predicted octanol–water partition coefficient (Wildman–Crippen LogP) is -0.516. The lowest BCUT2D eigenvalue weighted by Crippen LogP contribution is -2.68. The number of carbonyl (C=O) groups is 2. The Hall–Kier alpha value is -1.01. The van der Waals surface area contributed by atoms with Gasteiger partial charge < -0.3 is 16.6 Å². The quantitative estimate of drug-likeness (QED) is 0.384. The number of thioether (sulfide) groups is 2. The summed E-state index contributed by atoms with van der Waals surface area (Å²) in [5.41, 5.74) is 15.3. The van der Waals surface area contributed by atoms with Crippen LogP contribution in [0.2, 0.25) is 0 Å². The molecule has 0 radical (unpaired) electrons. The van der Waals surface area contributed by atoms with Crippen molar-refractivity contribution in [2.75, 3.05) is 18.6 Å². The monoisotopic (exact) mass is 361 g/mol. The van der Waals surface area contributed by atoms with Crippen LogP contribution >= 0.6 is 35.5 Å². The number of hydrazine groups is 1. The molecule has 3 heterocycles. The lowest BCUT2D eigenvalue weighted by molar-refractivity contribution is -0.147. The molecule has 0 aromatic rings. The topological polar surface area (TPSA) is 125 Å². The molecule has 6 N–H and O–H groups in total. The number of nitrogens with two attached hydrogens (primary N) is 2. The molecule has 3 aliphatic heterocycles. The molecule has 120 valence electrons. The highest BCUT2D eigenvalue weighted by atomic mass is 32.2. The zero-order valence-electron chi connectivity index (χ0n) is 11.6. The number of rotatable bonds is 4. The number of carboxylic acid groups (broad SMARTS) is 1. The van der Waals surface area contributed by atoms with E-state index in [2.05, 4.69) is 5.43 Å². The molecule has 0 spiro atoms. The van der Waals surface area contributed by atoms with Crippen molar-refractivity contribution < 1.29 is 14.7 Å². The molecule has 3 aliphatic rings. The second-order valence-corrected chi connectivity index (χ2v) is 8.37. The summed E-state index contributed by atoms with van der Waals surface area (Å²) < 4.78 is 2.66. The first-order valence-electron chi connectivity index (χ1n) is 6.36. The lowest BCUT2D eigenvalue weighted by atomic mass is 10.0. The van der Waals surface area contributed by atoms with Gasteiger partial charge in [-0.1, -0.05) is 0 Å². The summed E-state index contributed by atoms with van der Waals surface area (Å²) >= 11 is 4.42. The summed E-state index contributed by atoms with van der Waals surface area (Å²) in [5, 5.41) is 9.19. The van der Waals surface area contributed by atoms with Crippen molar-refractivity contribution in [2.45, 2.75) is 11.4 Å². The van der Waals surface area contributed by atoms with Gasteiger partial charge in [-0.3, -0.25) is 15.1 Å². The van der Waals surface area contributed by atoms with Crippen LogP contribution in [-0.2, 0) is 9.59 Å². The number of amides is 1. The zero-order valence-corrected chi connectivity index (χ0v) is 14.1. The highest BCUT2D eigenvalue weighted by molar-refractivity contribution is 8.21. The number of nitrogens with zero attached hydrogens (tertiary/aromatic N) is 2. The average Bonchev–Trinajstić information content (AvgIpc) is 2.80. The van der Waals surface area contributed by atoms with Crippen LogP contribution in [-0.4, -0.2) is 56.3 Å². The van der Waals surface area contributed by atoms with Gasteiger partial charge in [-0.05, 0) is 17.5 Å². The molecule has 1 unspecified atom stereocenters. The first-order chi connectivity index (χ1) is 10.4. The van der Waals surface area contributed by atoms with Crippen LogP contribution in [0, 0.1) is 0 Å². The third-order valence-corrected chi connectivity index (χ3v) is 7.05. The summed E-state index contributed by atoms with van der Waals surface area (Å²) in [6.07, 6.45) is 0. The Labute approximate surface area is 139 Å². The largest absolute Gasteiger partial charge is 0.477 e. The van der Waals surface area contributed by atoms with Crippen LogP contribution < -0.4 is 16.9 Å². The minimum absolute atomic E-state index is 0.0754. The van der Waals surface area contributed by atoms with Crippen molar-refractivity contribution >= 4 is 47.3 Å². The van der Waals surface area contributed by atoms with Crippen molar-refractivity contribution in [2.24, 2.45) is 11.5 Å². The Balaban J connectivity index is 1.78. The first kappa shape index (κ1) is 15.9. The first-order valence-corrected chi connectivity index (χ1v) is 9.17. The van der Waals surface area contributed by atoms with Gasteiger partial charge in [0.25, 0.3) is 0 Å². The number of aliphatic carboxylic acids is 1. The minimum Gasteiger partial charge on any atom is -0.477 e. The summed E-state index contributed by atoms with van der Waals surface area (Å²) in [7, 11) is 1.84. The fourth-order valence-corrected chi connectivity index (χ4v) is 5.79. The van der Waals surface area contributed by atoms with Crippen LogP contribution in [0.3, 0.4) is 0 Å². The molecule has 3 rings (SSSR count). The number of carboxylic acids is 1. The maximum Gasteiger partial charge on any atom is 0.352 e. The van der Waals surface area contributed by atoms with E-state index in [0.717, 1.165) is 9.81 Å². The van der Waals surface area contributed by atoms with Gasteiger partial charge in [0.05, 0.1) is 4.24 Å². The number of carbonyl (C=O) groups excluding carboxylic acids is 1. The van der Waals surface area contributed by atoms with Crippen molar-refractivity contribution in [3.05, 3.63) is 21.3 Å². The van der Waals surface area contributed by atoms with Gasteiger partial charge >= 0.3 is 5.97 Å². The highest BCUT2D eigenvalue weighted by Gasteiger charge is 2.51. The normalized spacial score (nSPS) is 28.6. The maximum absolute atomic E-state index is 11.8. The molecular weight excluding hydrogens is 346 g/mol. The Morgan fingerprint density at radius 1 is 1.59 bits per heavy atom. The molecule has 0 aromatic carbocycles. The van der Waals surface area contributed by atoms with Crippen molar-refractivity contribution in [3.8, 4) is 0 Å². The standard InChI is InChI=1S/C11H15N5O3S3/c1-15-14-7(13)11(22-15)21-3-4-2-20-9-5(12)8(17)16(9)6(4)10(18)19/h5,9,14H,2-3,12-13H2,1H3,(H,18,19)/t5?,9-/m1/s1. The van der Waals surface area contributed by atoms with Gasteiger partial charge in [0.15, 0.2) is 0 Å². The van der Waals surface area contributed by atoms with E-state index < -0.39 is 12.0 Å². The fraction of sp³-hybridized carbons (Fsp3) is 0.455. The molecule has 22 heavy (non-hydrogen) atoms. The second-order valence-electron chi connectivity index (χ2n) is 4.88. The molecule has 0 aliphatic carbocycles. The van der Waals surface area contributed by atoms with E-state index in [1.165, 1.54) is 40.4 Å². The summed E-state index contributed by atoms with van der Waals surface area (Å²) in [4.78, 5) is 24.7. The van der Waals surface area contributed by atoms with E-state index in [0.29, 0.717) is 17.3 Å². The van der Waals surface area contributed by atoms with Crippen molar-refractivity contribution in [1.29, 1.82) is 0 Å². The van der Waals surface area contributed by atoms with E-state index in [-0.39, 0.29) is 17.0 Å². The lowest BCUT2D eigenvalue weighted by Gasteiger charge is -2.48. The Bertz CT molecular complexity index is 608. The number of hydrogen-bond acceptors (Lipinski definition) is 9. The van der Waals surface area contributed by atoms with Gasteiger partial charge in [0.2, 0.25) is 5.91 Å². The van der Waals surface area contributed by atoms with Gasteiger partial charge in [-0.15, -0.1) is 23.5 Å². The van der Waals surface area contributed by atoms with Gasteiger partial charge in [-0.25, -0.2) is 4.79 Å². The third kappa shape index (κ3) is 2.56. The van der Waals surface area contributed by atoms with E-state index >= 15 is 0 Å². The van der Waals surface area contributed by atoms with E-state index in [1.54, 1.807) is 4.41 Å². The number of hydrogen-bond donors (Lipinski definition) is 4. The Kier molecular flexibility index (Phi) is 4.25. The molecule has 0 bridgehead atoms. The predicted molar refractivity (Wildman–Crippen MR) is 87.9 cm³/mol. The summed E-state index contributed by atoms with van der Waals surface area (Å²) in [6.45, 7) is 0. The van der Waals surface area contributed by atoms with Gasteiger partial charge in [0.1, 0.15) is 22.9 Å². The van der Waals surface area contributed by atoms with E-state index in [4.69, 9.17) is 11.5 Å². The zero-order chi connectivity index (χ0) is 16.0. The highest BCUT2D eigenvalue weighted by Crippen LogP contribution is 2.42. The molecule has 1 saturated heterocycles. The smallest absolute Gasteiger partial charge is 0.352 e. The molecule has 0 saturated carbocycles. The molecule has 8 nitrogen and oxygen atoms in total. The Morgan fingerprint density at radius 3 is 2.91 bits per heavy atom. The van der Waals surface area contributed by atoms with Gasteiger partial charge in [0, 0.05) is 18.6 Å². The van der Waals surface area contributed by atoms with Crippen LogP contribution in [0.4, 0.5) is 0 Å². The molecule has 1 amide bonds. The van der Waals surface area contributed by atoms with Crippen LogP contribution in [0.15, 0.2) is 21.3 Å². The minimum atomic E-state index is -1.09. The molecule has 2 atom stereocenters. The Morgan fingerprint density at radius 2 is 2.32 bits per heavy atom. The van der Waals surface area contributed by atoms with E-state index in [1.807, 2.05) is 7.05 Å². The molecule has 0 aromatic heterocycles. The number of β-lactam (4-membered cyclic amide) rings is 1. The van der Waals surface area contributed by atoms with Crippen molar-refractivity contribution in [1.82, 2.24) is 14.7 Å². The summed E-state index contributed by atoms with van der Waals surface area (Å²) in [5.74, 6) is 0.167. The van der Waals surface area contributed by atoms with Crippen LogP contribution in [0.5, 0.6) is 0 Å². The third-order valence-electron chi connectivity index (χ3n) is 3.39. The SMILES string of the molecule is CN1NC(N)=C(SCC2=C(C(=O)O)N3C(=O)C(N)[C@H]3SC2)S1. The van der Waals surface area contributed by atoms with Crippen molar-refractivity contribution in [3.63, 3.8) is 0 Å². The number of fused-ring (bicyclic) bond motifs is 1. The fourth-order valence-electron chi connectivity index (χ4n) is 2.36. The van der Waals surface area contributed by atoms with Gasteiger partial charge in [-0.2, -0.15) is 4.41 Å². The second kappa shape index (κ2) is 5.89.